The van der Waals surface area contributed by atoms with Gasteiger partial charge in [-0.15, -0.1) is 0 Å². The molecule has 3 nitrogen and oxygen atoms in total. The lowest BCUT2D eigenvalue weighted by Gasteiger charge is -2.29. The first-order chi connectivity index (χ1) is 6.64. The molecule has 0 aliphatic heterocycles. The second-order valence-electron chi connectivity index (χ2n) is 4.17. The van der Waals surface area contributed by atoms with Gasteiger partial charge in [-0.05, 0) is 0 Å². The Balaban J connectivity index is 2.50. The lowest BCUT2D eigenvalue weighted by Crippen LogP contribution is -2.41. The van der Waals surface area contributed by atoms with Gasteiger partial charge in [-0.1, -0.05) is 30.3 Å². The molecule has 2 N–H and O–H groups in total. The summed E-state index contributed by atoms with van der Waals surface area (Å²) in [6.45, 7) is 2.52. The molecule has 0 bridgehead atoms. The van der Waals surface area contributed by atoms with Gasteiger partial charge in [0.05, 0.1) is 14.1 Å². The molecular weight excluding hydrogens is 176 g/mol. The number of benzene rings is 1. The van der Waals surface area contributed by atoms with Crippen LogP contribution in [-0.2, 0) is 11.4 Å². The monoisotopic (exact) mass is 195 g/mol. The topological polar surface area (TPSA) is 35.2 Å². The number of likely N-dealkylation sites (N-methyl/N-ethyl adjacent to an activating group) is 1. The molecule has 0 aliphatic carbocycles. The van der Waals surface area contributed by atoms with Crippen LogP contribution in [0.25, 0.3) is 0 Å². The van der Waals surface area contributed by atoms with Gasteiger partial charge < -0.3 is 4.48 Å². The molecule has 0 unspecified atom stereocenters. The summed E-state index contributed by atoms with van der Waals surface area (Å²) in [5.41, 5.74) is 1.34. The standard InChI is InChI=1S/C11H19N2O/c1-13(2,8-9-14-12)10-11-6-4-3-5-7-11/h3-7H,8-10,12H2,1-2H3/q+1. The number of rotatable bonds is 5. The first kappa shape index (κ1) is 11.2. The molecule has 0 saturated heterocycles. The van der Waals surface area contributed by atoms with Crippen molar-refractivity contribution in [3.05, 3.63) is 35.9 Å². The average Bonchev–Trinajstić information content (AvgIpc) is 2.16. The third kappa shape index (κ3) is 3.87. The highest BCUT2D eigenvalue weighted by Gasteiger charge is 2.14. The number of nitrogens with two attached hydrogens (primary N) is 1. The molecule has 78 valence electrons. The number of hydrogen-bond acceptors (Lipinski definition) is 2. The van der Waals surface area contributed by atoms with Crippen LogP contribution in [-0.4, -0.2) is 31.7 Å². The quantitative estimate of drug-likeness (QED) is 0.565. The molecule has 1 rings (SSSR count). The molecule has 0 heterocycles. The van der Waals surface area contributed by atoms with Gasteiger partial charge in [0, 0.05) is 5.56 Å². The normalized spacial score (nSPS) is 11.6. The van der Waals surface area contributed by atoms with E-state index in [1.807, 2.05) is 6.07 Å². The van der Waals surface area contributed by atoms with Crippen molar-refractivity contribution >= 4 is 0 Å². The maximum atomic E-state index is 5.02. The van der Waals surface area contributed by atoms with Gasteiger partial charge >= 0.3 is 0 Å². The van der Waals surface area contributed by atoms with Crippen LogP contribution in [0, 0.1) is 0 Å². The van der Waals surface area contributed by atoms with Gasteiger partial charge in [-0.25, -0.2) is 5.90 Å². The summed E-state index contributed by atoms with van der Waals surface area (Å²) >= 11 is 0. The Hall–Kier alpha value is -0.900. The van der Waals surface area contributed by atoms with Crippen LogP contribution in [0.15, 0.2) is 30.3 Å². The molecule has 14 heavy (non-hydrogen) atoms. The molecule has 0 amide bonds. The van der Waals surface area contributed by atoms with E-state index in [-0.39, 0.29) is 0 Å². The van der Waals surface area contributed by atoms with Crippen molar-refractivity contribution in [2.75, 3.05) is 27.2 Å². The smallest absolute Gasteiger partial charge is 0.117 e. The van der Waals surface area contributed by atoms with Gasteiger partial charge in [0.15, 0.2) is 0 Å². The largest absolute Gasteiger partial charge is 0.323 e. The Morgan fingerprint density at radius 1 is 1.21 bits per heavy atom. The third-order valence-electron chi connectivity index (χ3n) is 2.27. The van der Waals surface area contributed by atoms with Gasteiger partial charge in [0.1, 0.15) is 19.7 Å². The lowest BCUT2D eigenvalue weighted by atomic mass is 10.2. The molecule has 0 aromatic heterocycles. The summed E-state index contributed by atoms with van der Waals surface area (Å²) in [5, 5.41) is 0. The molecule has 0 saturated carbocycles. The van der Waals surface area contributed by atoms with E-state index in [9.17, 15) is 0 Å². The van der Waals surface area contributed by atoms with E-state index in [0.29, 0.717) is 6.61 Å². The molecule has 3 heteroatoms. The Kier molecular flexibility index (Phi) is 4.07. The van der Waals surface area contributed by atoms with Gasteiger partial charge in [0.25, 0.3) is 0 Å². The van der Waals surface area contributed by atoms with Crippen LogP contribution < -0.4 is 5.90 Å². The van der Waals surface area contributed by atoms with Crippen molar-refractivity contribution < 1.29 is 9.32 Å². The molecule has 0 fully saturated rings. The van der Waals surface area contributed by atoms with Gasteiger partial charge in [0.2, 0.25) is 0 Å². The molecular formula is C11H19N2O+. The number of quaternary nitrogens is 1. The van der Waals surface area contributed by atoms with Gasteiger partial charge in [-0.3, -0.25) is 4.84 Å². The molecule has 0 radical (unpaired) electrons. The summed E-state index contributed by atoms with van der Waals surface area (Å²) in [4.78, 5) is 4.60. The zero-order chi connectivity index (χ0) is 10.4. The maximum absolute atomic E-state index is 5.02. The summed E-state index contributed by atoms with van der Waals surface area (Å²) < 4.78 is 0.890. The molecule has 0 spiro atoms. The van der Waals surface area contributed by atoms with E-state index >= 15 is 0 Å². The van der Waals surface area contributed by atoms with E-state index in [0.717, 1.165) is 17.6 Å². The molecule has 1 aromatic carbocycles. The minimum Gasteiger partial charge on any atom is -0.323 e. The highest BCUT2D eigenvalue weighted by molar-refractivity contribution is 5.13. The minimum absolute atomic E-state index is 0.597. The van der Waals surface area contributed by atoms with Crippen molar-refractivity contribution in [2.45, 2.75) is 6.54 Å². The van der Waals surface area contributed by atoms with Crippen LogP contribution in [0.1, 0.15) is 5.56 Å². The fraction of sp³-hybridized carbons (Fsp3) is 0.455. The highest BCUT2D eigenvalue weighted by atomic mass is 16.6. The Bertz CT molecular complexity index is 259. The molecule has 1 aromatic rings. The fourth-order valence-electron chi connectivity index (χ4n) is 1.46. The summed E-state index contributed by atoms with van der Waals surface area (Å²) in [7, 11) is 4.35. The van der Waals surface area contributed by atoms with Gasteiger partial charge in [-0.2, -0.15) is 0 Å². The van der Waals surface area contributed by atoms with Crippen LogP contribution in [0.4, 0.5) is 0 Å². The second-order valence-corrected chi connectivity index (χ2v) is 4.17. The van der Waals surface area contributed by atoms with Crippen LogP contribution in [0.5, 0.6) is 0 Å². The van der Waals surface area contributed by atoms with Crippen molar-refractivity contribution in [1.82, 2.24) is 0 Å². The van der Waals surface area contributed by atoms with Crippen molar-refractivity contribution in [3.63, 3.8) is 0 Å². The first-order valence-electron chi connectivity index (χ1n) is 4.82. The second kappa shape index (κ2) is 5.10. The van der Waals surface area contributed by atoms with Crippen molar-refractivity contribution in [3.8, 4) is 0 Å². The van der Waals surface area contributed by atoms with Crippen molar-refractivity contribution in [2.24, 2.45) is 5.90 Å². The van der Waals surface area contributed by atoms with E-state index in [1.54, 1.807) is 0 Å². The third-order valence-corrected chi connectivity index (χ3v) is 2.27. The highest BCUT2D eigenvalue weighted by Crippen LogP contribution is 2.08. The Morgan fingerprint density at radius 3 is 2.43 bits per heavy atom. The summed E-state index contributed by atoms with van der Waals surface area (Å²) in [6, 6.07) is 10.4. The Morgan fingerprint density at radius 2 is 1.86 bits per heavy atom. The minimum atomic E-state index is 0.597. The SMILES string of the molecule is C[N+](C)(CCON)Cc1ccccc1. The van der Waals surface area contributed by atoms with Crippen LogP contribution >= 0.6 is 0 Å². The summed E-state index contributed by atoms with van der Waals surface area (Å²) in [6.07, 6.45) is 0. The predicted molar refractivity (Wildman–Crippen MR) is 57.3 cm³/mol. The molecule has 0 aliphatic rings. The van der Waals surface area contributed by atoms with E-state index in [4.69, 9.17) is 5.90 Å². The molecule has 0 atom stereocenters. The van der Waals surface area contributed by atoms with Crippen molar-refractivity contribution in [1.29, 1.82) is 0 Å². The van der Waals surface area contributed by atoms with E-state index in [1.165, 1.54) is 5.56 Å². The first-order valence-corrected chi connectivity index (χ1v) is 4.82. The average molecular weight is 195 g/mol. The van der Waals surface area contributed by atoms with E-state index in [2.05, 4.69) is 43.2 Å². The van der Waals surface area contributed by atoms with Crippen LogP contribution in [0.2, 0.25) is 0 Å². The summed E-state index contributed by atoms with van der Waals surface area (Å²) in [5.74, 6) is 5.02. The number of nitrogens with zero attached hydrogens (tertiary/aromatic N) is 1. The number of hydrogen-bond donors (Lipinski definition) is 1. The fourth-order valence-corrected chi connectivity index (χ4v) is 1.46. The lowest BCUT2D eigenvalue weighted by molar-refractivity contribution is -0.904. The zero-order valence-corrected chi connectivity index (χ0v) is 8.94. The maximum Gasteiger partial charge on any atom is 0.117 e. The Labute approximate surface area is 85.6 Å². The predicted octanol–water partition coefficient (Wildman–Crippen LogP) is 1.15. The van der Waals surface area contributed by atoms with E-state index < -0.39 is 0 Å². The van der Waals surface area contributed by atoms with Crippen LogP contribution in [0.3, 0.4) is 0 Å². The zero-order valence-electron chi connectivity index (χ0n) is 8.94.